The van der Waals surface area contributed by atoms with E-state index in [4.69, 9.17) is 5.73 Å². The number of fused-ring (bicyclic) bond motifs is 1. The molecule has 4 aromatic carbocycles. The molecule has 0 saturated heterocycles. The molecule has 0 fully saturated rings. The number of halogens is 3. The summed E-state index contributed by atoms with van der Waals surface area (Å²) in [4.78, 5) is 53.4. The Morgan fingerprint density at radius 1 is 0.647 bits per heavy atom. The number of nitrogens with two attached hydrogens (primary N) is 1. The lowest BCUT2D eigenvalue weighted by atomic mass is 9.97. The molecule has 4 amide bonds. The van der Waals surface area contributed by atoms with Crippen molar-refractivity contribution in [1.29, 1.82) is 0 Å². The standard InChI is InChI=1S/C39H44F3N5O4/c1-2-34(48)44-32(24-26-20-21-27-13-9-10-18-30(27)23-26)37(50)46-33(25-39(40,41)42)38(51)45-31(19-11-12-22-43)36(49)47-35(28-14-5-3-6-15-28)29-16-7-4-8-17-29/h3-10,13-18,20-21,23,31-33,35H,2,11-12,19,22,24-25,43H2,1H3,(H,44,48)(H,45,51)(H,46,50)(H,47,49)/t31-,32-,33-/m0/s1. The highest BCUT2D eigenvalue weighted by Crippen LogP contribution is 2.24. The van der Waals surface area contributed by atoms with Gasteiger partial charge in [0.05, 0.1) is 12.5 Å². The minimum atomic E-state index is -4.85. The van der Waals surface area contributed by atoms with Gasteiger partial charge >= 0.3 is 6.18 Å². The summed E-state index contributed by atoms with van der Waals surface area (Å²) >= 11 is 0. The van der Waals surface area contributed by atoms with Gasteiger partial charge in [0.25, 0.3) is 0 Å². The van der Waals surface area contributed by atoms with E-state index in [-0.39, 0.29) is 19.3 Å². The van der Waals surface area contributed by atoms with Crippen molar-refractivity contribution in [1.82, 2.24) is 21.3 Å². The van der Waals surface area contributed by atoms with Gasteiger partial charge in [0, 0.05) is 12.8 Å². The van der Waals surface area contributed by atoms with Crippen LogP contribution in [-0.4, -0.2) is 54.5 Å². The fourth-order valence-electron chi connectivity index (χ4n) is 5.75. The number of carbonyl (C=O) groups is 4. The molecule has 0 unspecified atom stereocenters. The predicted molar refractivity (Wildman–Crippen MR) is 190 cm³/mol. The highest BCUT2D eigenvalue weighted by molar-refractivity contribution is 5.94. The maximum atomic E-state index is 13.9. The first-order chi connectivity index (χ1) is 24.5. The van der Waals surface area contributed by atoms with E-state index in [2.05, 4.69) is 21.3 Å². The summed E-state index contributed by atoms with van der Waals surface area (Å²) in [5.74, 6) is -3.25. The van der Waals surface area contributed by atoms with Crippen molar-refractivity contribution in [3.8, 4) is 0 Å². The zero-order valence-corrected chi connectivity index (χ0v) is 28.4. The van der Waals surface area contributed by atoms with Crippen molar-refractivity contribution < 1.29 is 32.3 Å². The first kappa shape index (κ1) is 38.6. The van der Waals surface area contributed by atoms with Gasteiger partial charge in [-0.3, -0.25) is 19.2 Å². The molecule has 51 heavy (non-hydrogen) atoms. The molecule has 9 nitrogen and oxygen atoms in total. The zero-order chi connectivity index (χ0) is 36.8. The molecule has 3 atom stereocenters. The zero-order valence-electron chi connectivity index (χ0n) is 28.4. The summed E-state index contributed by atoms with van der Waals surface area (Å²) < 4.78 is 41.6. The van der Waals surface area contributed by atoms with E-state index >= 15 is 0 Å². The van der Waals surface area contributed by atoms with Gasteiger partial charge in [-0.25, -0.2) is 0 Å². The van der Waals surface area contributed by atoms with Crippen LogP contribution in [0.1, 0.15) is 61.8 Å². The Kier molecular flexibility index (Phi) is 14.1. The SMILES string of the molecule is CCC(=O)N[C@@H](Cc1ccc2ccccc2c1)C(=O)N[C@@H](CC(F)(F)F)C(=O)N[C@@H](CCCCN)C(=O)NC(c1ccccc1)c1ccccc1. The van der Waals surface area contributed by atoms with Crippen LogP contribution >= 0.6 is 0 Å². The largest absolute Gasteiger partial charge is 0.391 e. The van der Waals surface area contributed by atoms with Gasteiger partial charge < -0.3 is 27.0 Å². The maximum Gasteiger partial charge on any atom is 0.391 e. The summed E-state index contributed by atoms with van der Waals surface area (Å²) in [7, 11) is 0. The molecule has 6 N–H and O–H groups in total. The Hall–Kier alpha value is -5.23. The molecule has 0 heterocycles. The summed E-state index contributed by atoms with van der Waals surface area (Å²) in [6.07, 6.45) is -5.54. The van der Waals surface area contributed by atoms with Crippen LogP contribution in [0.4, 0.5) is 13.2 Å². The summed E-state index contributed by atoms with van der Waals surface area (Å²) in [5, 5.41) is 12.1. The van der Waals surface area contributed by atoms with Gasteiger partial charge in [-0.1, -0.05) is 110 Å². The number of carbonyl (C=O) groups excluding carboxylic acids is 4. The number of hydrogen-bond donors (Lipinski definition) is 5. The minimum Gasteiger partial charge on any atom is -0.344 e. The molecule has 0 aromatic heterocycles. The van der Waals surface area contributed by atoms with Gasteiger partial charge in [0.15, 0.2) is 0 Å². The number of benzene rings is 4. The van der Waals surface area contributed by atoms with E-state index in [0.29, 0.717) is 24.9 Å². The van der Waals surface area contributed by atoms with E-state index < -0.39 is 60.4 Å². The first-order valence-corrected chi connectivity index (χ1v) is 17.0. The summed E-state index contributed by atoms with van der Waals surface area (Å²) in [6, 6.07) is 26.0. The molecule has 270 valence electrons. The lowest BCUT2D eigenvalue weighted by Gasteiger charge is -2.27. The molecule has 0 radical (unpaired) electrons. The van der Waals surface area contributed by atoms with Crippen molar-refractivity contribution in [2.45, 2.75) is 75.8 Å². The topological polar surface area (TPSA) is 142 Å². The second-order valence-electron chi connectivity index (χ2n) is 12.3. The van der Waals surface area contributed by atoms with Crippen molar-refractivity contribution in [3.05, 3.63) is 120 Å². The third-order valence-corrected chi connectivity index (χ3v) is 8.43. The molecule has 0 spiro atoms. The molecule has 0 aliphatic carbocycles. The maximum absolute atomic E-state index is 13.9. The monoisotopic (exact) mass is 703 g/mol. The Morgan fingerprint density at radius 3 is 1.78 bits per heavy atom. The fourth-order valence-corrected chi connectivity index (χ4v) is 5.75. The lowest BCUT2D eigenvalue weighted by molar-refractivity contribution is -0.152. The summed E-state index contributed by atoms with van der Waals surface area (Å²) in [6.45, 7) is 1.89. The number of amides is 4. The minimum absolute atomic E-state index is 0.0283. The van der Waals surface area contributed by atoms with Crippen molar-refractivity contribution in [3.63, 3.8) is 0 Å². The molecule has 0 aliphatic rings. The van der Waals surface area contributed by atoms with Crippen LogP contribution in [-0.2, 0) is 25.6 Å². The second-order valence-corrected chi connectivity index (χ2v) is 12.3. The lowest BCUT2D eigenvalue weighted by Crippen LogP contribution is -2.58. The third kappa shape index (κ3) is 12.0. The van der Waals surface area contributed by atoms with E-state index in [0.717, 1.165) is 21.9 Å². The molecule has 0 aliphatic heterocycles. The van der Waals surface area contributed by atoms with Crippen LogP contribution < -0.4 is 27.0 Å². The number of unbranched alkanes of at least 4 members (excludes halogenated alkanes) is 1. The fraction of sp³-hybridized carbons (Fsp3) is 0.333. The second kappa shape index (κ2) is 18.7. The van der Waals surface area contributed by atoms with E-state index in [1.54, 1.807) is 13.0 Å². The smallest absolute Gasteiger partial charge is 0.344 e. The average Bonchev–Trinajstić information content (AvgIpc) is 3.12. The van der Waals surface area contributed by atoms with Gasteiger partial charge in [-0.05, 0) is 53.3 Å². The Balaban J connectivity index is 1.57. The molecule has 4 aromatic rings. The van der Waals surface area contributed by atoms with Crippen LogP contribution in [0.3, 0.4) is 0 Å². The Bertz CT molecular complexity index is 1710. The third-order valence-electron chi connectivity index (χ3n) is 8.43. The normalized spacial score (nSPS) is 13.2. The quantitative estimate of drug-likeness (QED) is 0.0958. The molecule has 0 bridgehead atoms. The van der Waals surface area contributed by atoms with E-state index in [9.17, 15) is 32.3 Å². The van der Waals surface area contributed by atoms with E-state index in [1.165, 1.54) is 0 Å². The van der Waals surface area contributed by atoms with Gasteiger partial charge in [-0.2, -0.15) is 13.2 Å². The molecule has 4 rings (SSSR count). The molecule has 12 heteroatoms. The van der Waals surface area contributed by atoms with Crippen LogP contribution in [0.15, 0.2) is 103 Å². The molecular formula is C39H44F3N5O4. The number of nitrogens with one attached hydrogen (secondary N) is 4. The average molecular weight is 704 g/mol. The van der Waals surface area contributed by atoms with Crippen LogP contribution in [0.25, 0.3) is 10.8 Å². The van der Waals surface area contributed by atoms with Crippen molar-refractivity contribution in [2.75, 3.05) is 6.54 Å². The van der Waals surface area contributed by atoms with Crippen molar-refractivity contribution in [2.24, 2.45) is 5.73 Å². The number of hydrogen-bond acceptors (Lipinski definition) is 5. The van der Waals surface area contributed by atoms with Crippen molar-refractivity contribution >= 4 is 34.4 Å². The Morgan fingerprint density at radius 2 is 1.20 bits per heavy atom. The summed E-state index contributed by atoms with van der Waals surface area (Å²) in [5.41, 5.74) is 7.84. The van der Waals surface area contributed by atoms with Gasteiger partial charge in [-0.15, -0.1) is 0 Å². The Labute approximate surface area is 295 Å². The number of alkyl halides is 3. The predicted octanol–water partition coefficient (Wildman–Crippen LogP) is 5.23. The number of rotatable bonds is 17. The van der Waals surface area contributed by atoms with Crippen LogP contribution in [0.2, 0.25) is 0 Å². The highest BCUT2D eigenvalue weighted by atomic mass is 19.4. The van der Waals surface area contributed by atoms with Crippen LogP contribution in [0, 0.1) is 0 Å². The molecule has 0 saturated carbocycles. The van der Waals surface area contributed by atoms with Crippen LogP contribution in [0.5, 0.6) is 0 Å². The van der Waals surface area contributed by atoms with Gasteiger partial charge in [0.2, 0.25) is 23.6 Å². The van der Waals surface area contributed by atoms with Gasteiger partial charge in [0.1, 0.15) is 18.1 Å². The first-order valence-electron chi connectivity index (χ1n) is 17.0. The highest BCUT2D eigenvalue weighted by Gasteiger charge is 2.39. The molecular weight excluding hydrogens is 659 g/mol. The van der Waals surface area contributed by atoms with E-state index in [1.807, 2.05) is 97.1 Å².